The summed E-state index contributed by atoms with van der Waals surface area (Å²) in [5, 5.41) is 9.83. The minimum Gasteiger partial charge on any atom is -0.496 e. The normalized spacial score (nSPS) is 11.3. The Morgan fingerprint density at radius 2 is 1.53 bits per heavy atom. The monoisotopic (exact) mass is 483 g/mol. The molecule has 1 atom stereocenters. The second kappa shape index (κ2) is 10.2. The van der Waals surface area contributed by atoms with Crippen LogP contribution >= 0.6 is 28.1 Å². The third-order valence-electron chi connectivity index (χ3n) is 4.47. The molecule has 0 saturated heterocycles. The number of methoxy groups -OCH3 is 1. The molecule has 0 aliphatic heterocycles. The van der Waals surface area contributed by atoms with Crippen LogP contribution in [0.15, 0.2) is 77.3 Å². The van der Waals surface area contributed by atoms with Gasteiger partial charge in [0.15, 0.2) is 5.11 Å². The summed E-state index contributed by atoms with van der Waals surface area (Å²) in [5.41, 5.74) is 3.12. The Morgan fingerprint density at radius 1 is 0.933 bits per heavy atom. The van der Waals surface area contributed by atoms with Gasteiger partial charge in [-0.05, 0) is 73.2 Å². The highest BCUT2D eigenvalue weighted by Crippen LogP contribution is 2.21. The van der Waals surface area contributed by atoms with Gasteiger partial charge >= 0.3 is 0 Å². The Balaban J connectivity index is 1.57. The summed E-state index contributed by atoms with van der Waals surface area (Å²) >= 11 is 8.86. The van der Waals surface area contributed by atoms with Gasteiger partial charge in [-0.15, -0.1) is 0 Å². The van der Waals surface area contributed by atoms with E-state index in [-0.39, 0.29) is 11.9 Å². The van der Waals surface area contributed by atoms with Crippen molar-refractivity contribution in [3.05, 3.63) is 88.4 Å². The van der Waals surface area contributed by atoms with E-state index >= 15 is 0 Å². The van der Waals surface area contributed by atoms with E-state index in [1.54, 1.807) is 25.3 Å². The van der Waals surface area contributed by atoms with Gasteiger partial charge in [-0.1, -0.05) is 40.2 Å². The zero-order valence-electron chi connectivity index (χ0n) is 16.6. The molecule has 0 aromatic heterocycles. The fraction of sp³-hybridized carbons (Fsp3) is 0.130. The molecule has 0 radical (unpaired) electrons. The van der Waals surface area contributed by atoms with Crippen LogP contribution in [0.3, 0.4) is 0 Å². The van der Waals surface area contributed by atoms with Crippen molar-refractivity contribution in [1.29, 1.82) is 0 Å². The number of hydrogen-bond donors (Lipinski definition) is 3. The molecule has 0 spiro atoms. The maximum atomic E-state index is 12.5. The first kappa shape index (κ1) is 21.8. The van der Waals surface area contributed by atoms with Gasteiger partial charge in [-0.3, -0.25) is 4.79 Å². The molecule has 3 aromatic carbocycles. The van der Waals surface area contributed by atoms with Gasteiger partial charge in [0, 0.05) is 15.8 Å². The number of rotatable bonds is 6. The lowest BCUT2D eigenvalue weighted by Crippen LogP contribution is -2.30. The van der Waals surface area contributed by atoms with Crippen molar-refractivity contribution < 1.29 is 9.53 Å². The lowest BCUT2D eigenvalue weighted by atomic mass is 10.1. The van der Waals surface area contributed by atoms with E-state index in [1.807, 2.05) is 61.5 Å². The molecule has 0 bridgehead atoms. The molecule has 0 saturated carbocycles. The van der Waals surface area contributed by atoms with Crippen LogP contribution in [0.5, 0.6) is 5.75 Å². The molecule has 0 aliphatic rings. The highest BCUT2D eigenvalue weighted by molar-refractivity contribution is 9.10. The molecule has 0 heterocycles. The van der Waals surface area contributed by atoms with Crippen molar-refractivity contribution >= 4 is 50.5 Å². The summed E-state index contributed by atoms with van der Waals surface area (Å²) in [6.45, 7) is 2.05. The fourth-order valence-electron chi connectivity index (χ4n) is 2.87. The SMILES string of the molecule is COc1ccccc1C(=O)Nc1ccc(NC(=S)N[C@@H](C)c2ccc(Br)cc2)cc1. The third-order valence-corrected chi connectivity index (χ3v) is 5.22. The third kappa shape index (κ3) is 5.81. The number of amides is 1. The maximum absolute atomic E-state index is 12.5. The second-order valence-corrected chi connectivity index (χ2v) is 7.93. The number of halogens is 1. The molecule has 7 heteroatoms. The van der Waals surface area contributed by atoms with E-state index in [4.69, 9.17) is 17.0 Å². The largest absolute Gasteiger partial charge is 0.496 e. The minimum atomic E-state index is -0.228. The zero-order chi connectivity index (χ0) is 21.5. The maximum Gasteiger partial charge on any atom is 0.259 e. The number of hydrogen-bond acceptors (Lipinski definition) is 3. The number of nitrogens with one attached hydrogen (secondary N) is 3. The van der Waals surface area contributed by atoms with Gasteiger partial charge in [0.2, 0.25) is 0 Å². The molecule has 1 amide bonds. The molecule has 3 rings (SSSR count). The number of benzene rings is 3. The summed E-state index contributed by atoms with van der Waals surface area (Å²) in [7, 11) is 1.54. The number of ether oxygens (including phenoxy) is 1. The summed E-state index contributed by atoms with van der Waals surface area (Å²) in [6, 6.07) is 22.6. The van der Waals surface area contributed by atoms with Gasteiger partial charge in [0.1, 0.15) is 5.75 Å². The Labute approximate surface area is 190 Å². The summed E-state index contributed by atoms with van der Waals surface area (Å²) in [5.74, 6) is 0.304. The van der Waals surface area contributed by atoms with E-state index in [0.29, 0.717) is 22.1 Å². The van der Waals surface area contributed by atoms with Gasteiger partial charge in [-0.25, -0.2) is 0 Å². The molecule has 3 aromatic rings. The fourth-order valence-corrected chi connectivity index (χ4v) is 3.43. The van der Waals surface area contributed by atoms with Crippen molar-refractivity contribution in [2.24, 2.45) is 0 Å². The Morgan fingerprint density at radius 3 is 2.17 bits per heavy atom. The average molecular weight is 484 g/mol. The molecular formula is C23H22BrN3O2S. The van der Waals surface area contributed by atoms with E-state index in [2.05, 4.69) is 31.9 Å². The molecule has 154 valence electrons. The Bertz CT molecular complexity index is 1020. The lowest BCUT2D eigenvalue weighted by Gasteiger charge is -2.17. The van der Waals surface area contributed by atoms with Crippen LogP contribution in [0, 0.1) is 0 Å². The van der Waals surface area contributed by atoms with Crippen LogP contribution in [0.2, 0.25) is 0 Å². The van der Waals surface area contributed by atoms with Gasteiger partial charge in [0.05, 0.1) is 18.7 Å². The number of anilines is 2. The zero-order valence-corrected chi connectivity index (χ0v) is 19.0. The predicted octanol–water partition coefficient (Wildman–Crippen LogP) is 5.76. The van der Waals surface area contributed by atoms with Crippen LogP contribution in [0.25, 0.3) is 0 Å². The summed E-state index contributed by atoms with van der Waals surface area (Å²) < 4.78 is 6.28. The first-order chi connectivity index (χ1) is 14.5. The molecule has 3 N–H and O–H groups in total. The number of carbonyl (C=O) groups is 1. The smallest absolute Gasteiger partial charge is 0.259 e. The quantitative estimate of drug-likeness (QED) is 0.389. The molecular weight excluding hydrogens is 462 g/mol. The number of para-hydroxylation sites is 1. The standard InChI is InChI=1S/C23H22BrN3O2S/c1-15(16-7-9-17(24)10-8-16)25-23(30)27-19-13-11-18(12-14-19)26-22(28)20-5-3-4-6-21(20)29-2/h3-15H,1-2H3,(H,26,28)(H2,25,27,30)/t15-/m0/s1. The van der Waals surface area contributed by atoms with Gasteiger partial charge in [0.25, 0.3) is 5.91 Å². The van der Waals surface area contributed by atoms with Crippen molar-refractivity contribution in [1.82, 2.24) is 5.32 Å². The van der Waals surface area contributed by atoms with E-state index in [0.717, 1.165) is 15.7 Å². The molecule has 5 nitrogen and oxygen atoms in total. The van der Waals surface area contributed by atoms with Crippen LogP contribution in [0.4, 0.5) is 11.4 Å². The minimum absolute atomic E-state index is 0.0671. The topological polar surface area (TPSA) is 62.4 Å². The molecule has 0 fully saturated rings. The van der Waals surface area contributed by atoms with E-state index < -0.39 is 0 Å². The summed E-state index contributed by atoms with van der Waals surface area (Å²) in [4.78, 5) is 12.5. The lowest BCUT2D eigenvalue weighted by molar-refractivity contribution is 0.102. The van der Waals surface area contributed by atoms with Crippen molar-refractivity contribution in [2.45, 2.75) is 13.0 Å². The average Bonchev–Trinajstić information content (AvgIpc) is 2.75. The molecule has 30 heavy (non-hydrogen) atoms. The summed E-state index contributed by atoms with van der Waals surface area (Å²) in [6.07, 6.45) is 0. The van der Waals surface area contributed by atoms with Crippen LogP contribution in [-0.2, 0) is 0 Å². The highest BCUT2D eigenvalue weighted by Gasteiger charge is 2.12. The number of carbonyl (C=O) groups excluding carboxylic acids is 1. The first-order valence-corrected chi connectivity index (χ1v) is 10.5. The second-order valence-electron chi connectivity index (χ2n) is 6.60. The van der Waals surface area contributed by atoms with Crippen molar-refractivity contribution in [3.8, 4) is 5.75 Å². The molecule has 0 aliphatic carbocycles. The van der Waals surface area contributed by atoms with Crippen LogP contribution in [0.1, 0.15) is 28.9 Å². The Kier molecular flexibility index (Phi) is 7.43. The van der Waals surface area contributed by atoms with Crippen LogP contribution < -0.4 is 20.7 Å². The van der Waals surface area contributed by atoms with Crippen molar-refractivity contribution in [2.75, 3.05) is 17.7 Å². The van der Waals surface area contributed by atoms with Gasteiger partial charge < -0.3 is 20.7 Å². The van der Waals surface area contributed by atoms with E-state index in [9.17, 15) is 4.79 Å². The highest BCUT2D eigenvalue weighted by atomic mass is 79.9. The van der Waals surface area contributed by atoms with E-state index in [1.165, 1.54) is 0 Å². The van der Waals surface area contributed by atoms with Crippen molar-refractivity contribution in [3.63, 3.8) is 0 Å². The Hall–Kier alpha value is -2.90. The predicted molar refractivity (Wildman–Crippen MR) is 129 cm³/mol. The number of thiocarbonyl (C=S) groups is 1. The molecule has 0 unspecified atom stereocenters. The van der Waals surface area contributed by atoms with Gasteiger partial charge in [-0.2, -0.15) is 0 Å². The van der Waals surface area contributed by atoms with Crippen LogP contribution in [-0.4, -0.2) is 18.1 Å². The first-order valence-electron chi connectivity index (χ1n) is 9.33.